The van der Waals surface area contributed by atoms with E-state index in [2.05, 4.69) is 0 Å². The van der Waals surface area contributed by atoms with Gasteiger partial charge >= 0.3 is 82.5 Å². The minimum absolute atomic E-state index is 0. The van der Waals surface area contributed by atoms with Crippen LogP contribution < -0.4 is 0 Å². The first-order valence-corrected chi connectivity index (χ1v) is 0. The van der Waals surface area contributed by atoms with Crippen LogP contribution in [0.25, 0.3) is 0 Å². The Labute approximate surface area is 97.7 Å². The van der Waals surface area contributed by atoms with Crippen LogP contribution in [0, 0.1) is 0 Å². The van der Waals surface area contributed by atoms with Crippen LogP contribution in [-0.2, 0) is 32.7 Å². The average molecular weight is 148 g/mol. The first-order chi connectivity index (χ1) is 0. The maximum atomic E-state index is 0. The third-order valence-electron chi connectivity index (χ3n) is 0. The van der Waals surface area contributed by atoms with Gasteiger partial charge in [-0.25, -0.2) is 0 Å². The fraction of sp³-hybridized carbons (Fsp3) is 0. The zero-order valence-electron chi connectivity index (χ0n) is 6.73. The summed E-state index contributed by atoms with van der Waals surface area (Å²) in [6, 6.07) is 0. The summed E-state index contributed by atoms with van der Waals surface area (Å²) in [5.41, 5.74) is 0. The van der Waals surface area contributed by atoms with Gasteiger partial charge in [0.25, 0.3) is 0 Å². The summed E-state index contributed by atoms with van der Waals surface area (Å²) in [7, 11) is 0. The molecule has 0 rings (SSSR count). The Morgan fingerprint density at radius 2 is 1.00 bits per heavy atom. The van der Waals surface area contributed by atoms with Crippen LogP contribution >= 0.6 is 0 Å². The molecule has 0 aromatic rings. The van der Waals surface area contributed by atoms with Crippen LogP contribution in [0.1, 0.15) is 5.71 Å². The summed E-state index contributed by atoms with van der Waals surface area (Å²) in [6.45, 7) is 0. The predicted molar refractivity (Wildman–Crippen MR) is 17.3 cm³/mol. The molecule has 0 N–H and O–H groups in total. The molecule has 0 saturated heterocycles. The Hall–Kier alpha value is 2.66. The van der Waals surface area contributed by atoms with Crippen molar-refractivity contribution in [2.45, 2.75) is 0 Å². The standard InChI is InChI=1S/Ca.Mg.2O.Ti.4H/q2*+2;2*-2;+4;4*-1. The quantitative estimate of drug-likeness (QED) is 0.414. The average Bonchev–Trinajstić information content (AvgIpc) is 0. The van der Waals surface area contributed by atoms with Crippen molar-refractivity contribution in [3.05, 3.63) is 0 Å². The molecule has 0 heterocycles. The molecule has 0 aliphatic rings. The second-order valence-electron chi connectivity index (χ2n) is 0. The molecule has 5 heavy (non-hydrogen) atoms. The first-order valence-electron chi connectivity index (χ1n) is 0. The smallest absolute Gasteiger partial charge is 2.00 e. The van der Waals surface area contributed by atoms with E-state index < -0.39 is 0 Å². The molecule has 0 aliphatic carbocycles. The van der Waals surface area contributed by atoms with Crippen molar-refractivity contribution in [2.75, 3.05) is 0 Å². The third-order valence-corrected chi connectivity index (χ3v) is 0. The molecule has 24 valence electrons. The van der Waals surface area contributed by atoms with Gasteiger partial charge in [-0.05, 0) is 0 Å². The minimum atomic E-state index is 0. The van der Waals surface area contributed by atoms with Crippen molar-refractivity contribution in [3.63, 3.8) is 0 Å². The van der Waals surface area contributed by atoms with Gasteiger partial charge < -0.3 is 16.7 Å². The number of hydrogen-bond donors (Lipinski definition) is 0. The second-order valence-corrected chi connectivity index (χ2v) is 0. The Balaban J connectivity index is 0. The SMILES string of the molecule is [Ca+2].[H-].[H-].[H-].[H-].[Mg+2].[O-2].[O-2].[Ti+4]. The van der Waals surface area contributed by atoms with Gasteiger partial charge in [0.15, 0.2) is 0 Å². The molecule has 2 nitrogen and oxygen atoms in total. The van der Waals surface area contributed by atoms with Crippen molar-refractivity contribution >= 4 is 60.8 Å². The van der Waals surface area contributed by atoms with E-state index in [1.54, 1.807) is 0 Å². The molecule has 0 aromatic carbocycles. The van der Waals surface area contributed by atoms with Crippen LogP contribution in [-0.4, -0.2) is 60.8 Å². The van der Waals surface area contributed by atoms with Gasteiger partial charge in [0.05, 0.1) is 0 Å². The summed E-state index contributed by atoms with van der Waals surface area (Å²) in [4.78, 5) is 0. The van der Waals surface area contributed by atoms with Gasteiger partial charge in [-0.15, -0.1) is 0 Å². The molecule has 0 unspecified atom stereocenters. The van der Waals surface area contributed by atoms with Crippen molar-refractivity contribution in [3.8, 4) is 0 Å². The Bertz CT molecular complexity index is 18.5. The van der Waals surface area contributed by atoms with Crippen LogP contribution in [0.3, 0.4) is 0 Å². The summed E-state index contributed by atoms with van der Waals surface area (Å²) in [5.74, 6) is 0. The number of hydrogen-bond acceptors (Lipinski definition) is 0. The normalized spacial score (nSPS) is 0. The zero-order chi connectivity index (χ0) is 0. The van der Waals surface area contributed by atoms with Gasteiger partial charge in [-0.3, -0.25) is 0 Å². The Kier molecular flexibility index (Phi) is 290. The second kappa shape index (κ2) is 30.2. The zero-order valence-corrected chi connectivity index (χ0v) is 7.91. The van der Waals surface area contributed by atoms with Gasteiger partial charge in [-0.1, -0.05) is 0 Å². The monoisotopic (exact) mass is 148 g/mol. The van der Waals surface area contributed by atoms with Crippen molar-refractivity contribution in [1.82, 2.24) is 0 Å². The number of rotatable bonds is 0. The molecule has 0 amide bonds. The van der Waals surface area contributed by atoms with E-state index in [0.717, 1.165) is 0 Å². The summed E-state index contributed by atoms with van der Waals surface area (Å²) in [6.07, 6.45) is 0. The van der Waals surface area contributed by atoms with E-state index in [9.17, 15) is 0 Å². The molecular weight excluding hydrogens is 144 g/mol. The first kappa shape index (κ1) is 48.0. The van der Waals surface area contributed by atoms with E-state index in [1.807, 2.05) is 0 Å². The van der Waals surface area contributed by atoms with Crippen molar-refractivity contribution in [2.24, 2.45) is 0 Å². The van der Waals surface area contributed by atoms with E-state index >= 15 is 0 Å². The molecular formula is H4CaMgO2Ti. The minimum Gasteiger partial charge on any atom is -2.00 e. The molecule has 0 bridgehead atoms. The predicted octanol–water partition coefficient (Wildman–Crippen LogP) is -0.552. The largest absolute Gasteiger partial charge is 4.00 e. The maximum Gasteiger partial charge on any atom is 4.00 e. The fourth-order valence-electron chi connectivity index (χ4n) is 0. The molecule has 0 atom stereocenters. The van der Waals surface area contributed by atoms with Crippen molar-refractivity contribution in [1.29, 1.82) is 0 Å². The topological polar surface area (TPSA) is 57.0 Å². The van der Waals surface area contributed by atoms with E-state index in [1.165, 1.54) is 0 Å². The van der Waals surface area contributed by atoms with Crippen LogP contribution in [0.5, 0.6) is 0 Å². The van der Waals surface area contributed by atoms with Crippen molar-refractivity contribution < 1.29 is 38.4 Å². The van der Waals surface area contributed by atoms with Gasteiger partial charge in [0.1, 0.15) is 0 Å². The summed E-state index contributed by atoms with van der Waals surface area (Å²) in [5, 5.41) is 0. The fourth-order valence-corrected chi connectivity index (χ4v) is 0. The Morgan fingerprint density at radius 3 is 1.00 bits per heavy atom. The molecule has 0 saturated carbocycles. The molecule has 0 spiro atoms. The van der Waals surface area contributed by atoms with Crippen LogP contribution in [0.15, 0.2) is 0 Å². The third kappa shape index (κ3) is 20.4. The molecule has 0 aromatic heterocycles. The van der Waals surface area contributed by atoms with Gasteiger partial charge in [0.2, 0.25) is 0 Å². The molecule has 0 aliphatic heterocycles. The Morgan fingerprint density at radius 1 is 1.00 bits per heavy atom. The van der Waals surface area contributed by atoms with Gasteiger partial charge in [-0.2, -0.15) is 0 Å². The van der Waals surface area contributed by atoms with Crippen LogP contribution in [0.2, 0.25) is 0 Å². The maximum absolute atomic E-state index is 0. The summed E-state index contributed by atoms with van der Waals surface area (Å²) < 4.78 is 0. The van der Waals surface area contributed by atoms with E-state index in [4.69, 9.17) is 0 Å². The molecule has 0 radical (unpaired) electrons. The summed E-state index contributed by atoms with van der Waals surface area (Å²) >= 11 is 0. The van der Waals surface area contributed by atoms with E-state index in [0.29, 0.717) is 0 Å². The van der Waals surface area contributed by atoms with E-state index in [-0.39, 0.29) is 99.2 Å². The van der Waals surface area contributed by atoms with Gasteiger partial charge in [0, 0.05) is 0 Å². The molecule has 5 heteroatoms. The molecule has 0 fully saturated rings. The van der Waals surface area contributed by atoms with Crippen LogP contribution in [0.4, 0.5) is 0 Å².